The van der Waals surface area contributed by atoms with Crippen molar-refractivity contribution >= 4 is 12.1 Å². The molecule has 0 rings (SSSR count). The number of ether oxygens (including phenoxy) is 2. The van der Waals surface area contributed by atoms with Gasteiger partial charge in [-0.2, -0.15) is 0 Å². The van der Waals surface area contributed by atoms with Gasteiger partial charge in [-0.15, -0.1) is 0 Å². The van der Waals surface area contributed by atoms with Crippen LogP contribution >= 0.6 is 0 Å². The van der Waals surface area contributed by atoms with Crippen molar-refractivity contribution < 1.29 is 19.1 Å². The summed E-state index contributed by atoms with van der Waals surface area (Å²) in [5.41, 5.74) is -0.149. The van der Waals surface area contributed by atoms with Crippen LogP contribution in [-0.2, 0) is 14.3 Å². The van der Waals surface area contributed by atoms with Crippen LogP contribution in [0.25, 0.3) is 0 Å². The van der Waals surface area contributed by atoms with Crippen molar-refractivity contribution in [3.8, 4) is 0 Å². The second-order valence-electron chi connectivity index (χ2n) is 7.25. The normalized spacial score (nSPS) is 13.1. The standard InChI is InChI=1S/C16H29NO4/c1-11(2)9-10-12(13(18)20-15(3,4)5)17-14(19)21-16(6,7)8/h9,12H,10H2,1-8H3,(H,17,19). The van der Waals surface area contributed by atoms with E-state index in [2.05, 4.69) is 5.32 Å². The van der Waals surface area contributed by atoms with E-state index in [0.29, 0.717) is 6.42 Å². The first-order valence-electron chi connectivity index (χ1n) is 7.16. The SMILES string of the molecule is CC(C)=CCC(NC(=O)OC(C)(C)C)C(=O)OC(C)(C)C. The molecule has 21 heavy (non-hydrogen) atoms. The summed E-state index contributed by atoms with van der Waals surface area (Å²) in [4.78, 5) is 24.0. The first-order chi connectivity index (χ1) is 9.30. The van der Waals surface area contributed by atoms with Gasteiger partial charge in [-0.25, -0.2) is 9.59 Å². The lowest BCUT2D eigenvalue weighted by Crippen LogP contribution is -2.45. The van der Waals surface area contributed by atoms with Crippen LogP contribution in [0.1, 0.15) is 61.8 Å². The number of rotatable bonds is 4. The first kappa shape index (κ1) is 19.5. The predicted molar refractivity (Wildman–Crippen MR) is 83.1 cm³/mol. The third-order valence-electron chi connectivity index (χ3n) is 2.14. The molecule has 5 heteroatoms. The molecular formula is C16H29NO4. The fourth-order valence-corrected chi connectivity index (χ4v) is 1.39. The van der Waals surface area contributed by atoms with Gasteiger partial charge in [-0.3, -0.25) is 0 Å². The molecule has 0 radical (unpaired) electrons. The lowest BCUT2D eigenvalue weighted by atomic mass is 10.1. The summed E-state index contributed by atoms with van der Waals surface area (Å²) in [5, 5.41) is 2.57. The van der Waals surface area contributed by atoms with Crippen molar-refractivity contribution in [3.63, 3.8) is 0 Å². The summed E-state index contributed by atoms with van der Waals surface area (Å²) in [6.07, 6.45) is 1.63. The summed E-state index contributed by atoms with van der Waals surface area (Å²) >= 11 is 0. The van der Waals surface area contributed by atoms with Crippen LogP contribution in [0.3, 0.4) is 0 Å². The van der Waals surface area contributed by atoms with Gasteiger partial charge < -0.3 is 14.8 Å². The van der Waals surface area contributed by atoms with E-state index in [0.717, 1.165) is 5.57 Å². The molecule has 0 fully saturated rings. The summed E-state index contributed by atoms with van der Waals surface area (Å²) in [6, 6.07) is -0.756. The largest absolute Gasteiger partial charge is 0.458 e. The number of hydrogen-bond donors (Lipinski definition) is 1. The first-order valence-corrected chi connectivity index (χ1v) is 7.16. The minimum absolute atomic E-state index is 0.372. The number of esters is 1. The highest BCUT2D eigenvalue weighted by atomic mass is 16.6. The van der Waals surface area contributed by atoms with Crippen LogP contribution < -0.4 is 5.32 Å². The molecule has 0 spiro atoms. The Kier molecular flexibility index (Phi) is 6.94. The van der Waals surface area contributed by atoms with Crippen LogP contribution in [0.2, 0.25) is 0 Å². The fraction of sp³-hybridized carbons (Fsp3) is 0.750. The van der Waals surface area contributed by atoms with Crippen LogP contribution in [0, 0.1) is 0 Å². The molecule has 0 aliphatic rings. The molecule has 0 aromatic carbocycles. The Bertz CT molecular complexity index is 395. The molecule has 0 aliphatic carbocycles. The molecule has 0 bridgehead atoms. The zero-order chi connectivity index (χ0) is 16.8. The van der Waals surface area contributed by atoms with E-state index in [4.69, 9.17) is 9.47 Å². The second kappa shape index (κ2) is 7.48. The van der Waals surface area contributed by atoms with E-state index in [1.165, 1.54) is 0 Å². The molecule has 1 atom stereocenters. The van der Waals surface area contributed by atoms with Gasteiger partial charge in [0.2, 0.25) is 0 Å². The monoisotopic (exact) mass is 299 g/mol. The van der Waals surface area contributed by atoms with Gasteiger partial charge in [0, 0.05) is 0 Å². The molecule has 0 saturated heterocycles. The fourth-order valence-electron chi connectivity index (χ4n) is 1.39. The van der Waals surface area contributed by atoms with Crippen molar-refractivity contribution in [2.24, 2.45) is 0 Å². The number of amides is 1. The second-order valence-corrected chi connectivity index (χ2v) is 7.25. The lowest BCUT2D eigenvalue weighted by Gasteiger charge is -2.25. The molecule has 0 aromatic rings. The Hall–Kier alpha value is -1.52. The van der Waals surface area contributed by atoms with E-state index in [9.17, 15) is 9.59 Å². The predicted octanol–water partition coefficient (Wildman–Crippen LogP) is 3.58. The topological polar surface area (TPSA) is 64.6 Å². The highest BCUT2D eigenvalue weighted by Gasteiger charge is 2.27. The molecule has 0 heterocycles. The molecule has 0 aliphatic heterocycles. The maximum Gasteiger partial charge on any atom is 0.408 e. The molecule has 1 N–H and O–H groups in total. The number of alkyl carbamates (subject to hydrolysis) is 1. The average Bonchev–Trinajstić information content (AvgIpc) is 2.18. The molecular weight excluding hydrogens is 270 g/mol. The molecule has 1 amide bonds. The maximum absolute atomic E-state index is 12.2. The quantitative estimate of drug-likeness (QED) is 0.636. The van der Waals surface area contributed by atoms with E-state index in [1.54, 1.807) is 41.5 Å². The number of hydrogen-bond acceptors (Lipinski definition) is 4. The molecule has 1 unspecified atom stereocenters. The summed E-state index contributed by atoms with van der Waals surface area (Å²) in [5.74, 6) is -0.467. The zero-order valence-corrected chi connectivity index (χ0v) is 14.5. The van der Waals surface area contributed by atoms with Crippen molar-refractivity contribution in [1.82, 2.24) is 5.32 Å². The molecule has 122 valence electrons. The molecule has 0 aromatic heterocycles. The Morgan fingerprint density at radius 1 is 1.00 bits per heavy atom. The van der Waals surface area contributed by atoms with Crippen LogP contribution in [0.4, 0.5) is 4.79 Å². The number of nitrogens with one attached hydrogen (secondary N) is 1. The Labute approximate surface area is 128 Å². The maximum atomic E-state index is 12.2. The van der Waals surface area contributed by atoms with Crippen molar-refractivity contribution in [1.29, 1.82) is 0 Å². The third kappa shape index (κ3) is 10.9. The number of allylic oxidation sites excluding steroid dienone is 1. The van der Waals surface area contributed by atoms with Gasteiger partial charge in [-0.05, 0) is 61.8 Å². The van der Waals surface area contributed by atoms with E-state index in [1.807, 2.05) is 19.9 Å². The Balaban J connectivity index is 4.86. The van der Waals surface area contributed by atoms with Crippen LogP contribution in [0.5, 0.6) is 0 Å². The van der Waals surface area contributed by atoms with Gasteiger partial charge in [0.05, 0.1) is 0 Å². The van der Waals surface area contributed by atoms with Gasteiger partial charge in [-0.1, -0.05) is 11.6 Å². The minimum atomic E-state index is -0.756. The number of carbonyl (C=O) groups excluding carboxylic acids is 2. The van der Waals surface area contributed by atoms with E-state index >= 15 is 0 Å². The van der Waals surface area contributed by atoms with Crippen molar-refractivity contribution in [3.05, 3.63) is 11.6 Å². The van der Waals surface area contributed by atoms with Gasteiger partial charge in [0.1, 0.15) is 17.2 Å². The zero-order valence-electron chi connectivity index (χ0n) is 14.5. The van der Waals surface area contributed by atoms with Crippen molar-refractivity contribution in [2.75, 3.05) is 0 Å². The highest BCUT2D eigenvalue weighted by molar-refractivity contribution is 5.81. The Morgan fingerprint density at radius 3 is 1.86 bits per heavy atom. The lowest BCUT2D eigenvalue weighted by molar-refractivity contribution is -0.157. The average molecular weight is 299 g/mol. The van der Waals surface area contributed by atoms with Gasteiger partial charge >= 0.3 is 12.1 Å². The van der Waals surface area contributed by atoms with E-state index in [-0.39, 0.29) is 0 Å². The highest BCUT2D eigenvalue weighted by Crippen LogP contribution is 2.12. The van der Waals surface area contributed by atoms with Gasteiger partial charge in [0.15, 0.2) is 0 Å². The molecule has 5 nitrogen and oxygen atoms in total. The Morgan fingerprint density at radius 2 is 1.48 bits per heavy atom. The smallest absolute Gasteiger partial charge is 0.408 e. The number of carbonyl (C=O) groups is 2. The minimum Gasteiger partial charge on any atom is -0.458 e. The molecule has 0 saturated carbocycles. The van der Waals surface area contributed by atoms with Gasteiger partial charge in [0.25, 0.3) is 0 Å². The summed E-state index contributed by atoms with van der Waals surface area (Å²) in [7, 11) is 0. The van der Waals surface area contributed by atoms with Crippen LogP contribution in [-0.4, -0.2) is 29.3 Å². The van der Waals surface area contributed by atoms with Crippen LogP contribution in [0.15, 0.2) is 11.6 Å². The van der Waals surface area contributed by atoms with Crippen molar-refractivity contribution in [2.45, 2.75) is 79.1 Å². The van der Waals surface area contributed by atoms with E-state index < -0.39 is 29.3 Å². The third-order valence-corrected chi connectivity index (χ3v) is 2.14. The summed E-state index contributed by atoms with van der Waals surface area (Å²) < 4.78 is 10.5. The summed E-state index contributed by atoms with van der Waals surface area (Å²) in [6.45, 7) is 14.5.